The number of hydrogen-bond donors (Lipinski definition) is 1. The maximum atomic E-state index is 13.7. The fourth-order valence-corrected chi connectivity index (χ4v) is 5.23. The lowest BCUT2D eigenvalue weighted by molar-refractivity contribution is -0.137. The number of aryl methyl sites for hydroxylation is 1. The number of imidazole rings is 2. The summed E-state index contributed by atoms with van der Waals surface area (Å²) >= 11 is 0. The molecule has 5 aromatic rings. The molecule has 1 aliphatic heterocycles. The Kier molecular flexibility index (Phi) is 6.28. The molecular weight excluding hydrogens is 519 g/mol. The first-order valence-corrected chi connectivity index (χ1v) is 12.9. The number of aromatic nitrogens is 5. The Morgan fingerprint density at radius 2 is 1.98 bits per heavy atom. The molecule has 2 aromatic carbocycles. The second kappa shape index (κ2) is 9.82. The molecule has 8 nitrogen and oxygen atoms in total. The van der Waals surface area contributed by atoms with Gasteiger partial charge in [0, 0.05) is 53.7 Å². The minimum absolute atomic E-state index is 0.0457. The number of benzene rings is 2. The summed E-state index contributed by atoms with van der Waals surface area (Å²) in [6.07, 6.45) is 6.52. The van der Waals surface area contributed by atoms with E-state index in [1.807, 2.05) is 28.9 Å². The van der Waals surface area contributed by atoms with Gasteiger partial charge in [-0.1, -0.05) is 13.0 Å². The number of alkyl halides is 3. The minimum Gasteiger partial charge on any atom is -0.365 e. The summed E-state index contributed by atoms with van der Waals surface area (Å²) in [6.45, 7) is 5.25. The van der Waals surface area contributed by atoms with E-state index in [9.17, 15) is 18.0 Å². The van der Waals surface area contributed by atoms with Gasteiger partial charge in [0.05, 0.1) is 42.2 Å². The van der Waals surface area contributed by atoms with Crippen LogP contribution in [0.5, 0.6) is 0 Å². The van der Waals surface area contributed by atoms with Gasteiger partial charge in [0.1, 0.15) is 0 Å². The maximum Gasteiger partial charge on any atom is 0.416 e. The molecular formula is C29H26F3N7O. The first kappa shape index (κ1) is 25.6. The van der Waals surface area contributed by atoms with Crippen LogP contribution in [0.2, 0.25) is 0 Å². The van der Waals surface area contributed by atoms with Gasteiger partial charge >= 0.3 is 6.18 Å². The fraction of sp³-hybridized carbons (Fsp3) is 0.241. The number of amides is 1. The molecule has 0 saturated heterocycles. The number of halogens is 3. The molecule has 11 heteroatoms. The average Bonchev–Trinajstić information content (AvgIpc) is 3.65. The fourth-order valence-electron chi connectivity index (χ4n) is 5.23. The Morgan fingerprint density at radius 1 is 1.12 bits per heavy atom. The van der Waals surface area contributed by atoms with E-state index in [1.165, 1.54) is 17.0 Å². The molecule has 3 aromatic heterocycles. The predicted octanol–water partition coefficient (Wildman–Crippen LogP) is 6.01. The molecule has 4 heterocycles. The summed E-state index contributed by atoms with van der Waals surface area (Å²) in [5.41, 5.74) is 4.28. The van der Waals surface area contributed by atoms with E-state index in [1.54, 1.807) is 31.6 Å². The maximum absolute atomic E-state index is 13.7. The van der Waals surface area contributed by atoms with Crippen LogP contribution < -0.4 is 10.2 Å². The monoisotopic (exact) mass is 545 g/mol. The SMILES string of the molecule is CCC1CN(Cc2cnc3cnccn23)c2cc(C(=O)Nc3cc(-n4cnc(C)c4)cc(C(F)(F)F)c3)ccc21. The number of nitrogens with zero attached hydrogens (tertiary/aromatic N) is 6. The summed E-state index contributed by atoms with van der Waals surface area (Å²) in [7, 11) is 0. The van der Waals surface area contributed by atoms with Gasteiger partial charge in [0.2, 0.25) is 0 Å². The van der Waals surface area contributed by atoms with Crippen LogP contribution in [0.3, 0.4) is 0 Å². The van der Waals surface area contributed by atoms with Crippen LogP contribution in [0, 0.1) is 6.92 Å². The first-order valence-electron chi connectivity index (χ1n) is 12.9. The third kappa shape index (κ3) is 4.78. The van der Waals surface area contributed by atoms with Gasteiger partial charge in [-0.05, 0) is 49.2 Å². The van der Waals surface area contributed by atoms with Crippen molar-refractivity contribution < 1.29 is 18.0 Å². The Hall–Kier alpha value is -4.67. The third-order valence-corrected chi connectivity index (χ3v) is 7.27. The summed E-state index contributed by atoms with van der Waals surface area (Å²) in [4.78, 5) is 28.2. The van der Waals surface area contributed by atoms with Gasteiger partial charge in [0.25, 0.3) is 5.91 Å². The number of carbonyl (C=O) groups excluding carboxylic acids is 1. The van der Waals surface area contributed by atoms with Crippen LogP contribution in [-0.2, 0) is 12.7 Å². The van der Waals surface area contributed by atoms with E-state index in [0.717, 1.165) is 47.7 Å². The first-order chi connectivity index (χ1) is 19.2. The molecule has 1 atom stereocenters. The molecule has 0 bridgehead atoms. The van der Waals surface area contributed by atoms with Crippen LogP contribution in [-0.4, -0.2) is 36.4 Å². The molecule has 1 aliphatic rings. The zero-order valence-corrected chi connectivity index (χ0v) is 21.9. The number of anilines is 2. The van der Waals surface area contributed by atoms with E-state index in [-0.39, 0.29) is 11.4 Å². The normalized spacial score (nSPS) is 15.0. The highest BCUT2D eigenvalue weighted by molar-refractivity contribution is 6.05. The van der Waals surface area contributed by atoms with Crippen molar-refractivity contribution in [2.24, 2.45) is 0 Å². The molecule has 0 radical (unpaired) electrons. The highest BCUT2D eigenvalue weighted by atomic mass is 19.4. The van der Waals surface area contributed by atoms with Gasteiger partial charge in [-0.3, -0.25) is 14.2 Å². The van der Waals surface area contributed by atoms with Crippen molar-refractivity contribution in [2.75, 3.05) is 16.8 Å². The third-order valence-electron chi connectivity index (χ3n) is 7.27. The molecule has 6 rings (SSSR count). The number of hydrogen-bond acceptors (Lipinski definition) is 5. The van der Waals surface area contributed by atoms with Crippen molar-refractivity contribution in [1.29, 1.82) is 0 Å². The average molecular weight is 546 g/mol. The molecule has 1 amide bonds. The van der Waals surface area contributed by atoms with Crippen molar-refractivity contribution in [3.05, 3.63) is 102 Å². The lowest BCUT2D eigenvalue weighted by Gasteiger charge is -2.20. The quantitative estimate of drug-likeness (QED) is 0.283. The van der Waals surface area contributed by atoms with Crippen molar-refractivity contribution in [2.45, 2.75) is 38.9 Å². The van der Waals surface area contributed by atoms with E-state index >= 15 is 0 Å². The van der Waals surface area contributed by atoms with Crippen LogP contribution in [0.25, 0.3) is 11.3 Å². The van der Waals surface area contributed by atoms with Crippen molar-refractivity contribution in [3.8, 4) is 5.69 Å². The summed E-state index contributed by atoms with van der Waals surface area (Å²) in [6, 6.07) is 8.97. The number of fused-ring (bicyclic) bond motifs is 2. The molecule has 1 unspecified atom stereocenters. The molecule has 0 fully saturated rings. The molecule has 40 heavy (non-hydrogen) atoms. The Bertz CT molecular complexity index is 1720. The molecule has 1 N–H and O–H groups in total. The number of carbonyl (C=O) groups is 1. The Labute approximate surface area is 228 Å². The van der Waals surface area contributed by atoms with Crippen molar-refractivity contribution in [3.63, 3.8) is 0 Å². The van der Waals surface area contributed by atoms with E-state index in [2.05, 4.69) is 32.1 Å². The van der Waals surface area contributed by atoms with Crippen LogP contribution in [0.4, 0.5) is 24.5 Å². The van der Waals surface area contributed by atoms with E-state index in [0.29, 0.717) is 23.7 Å². The smallest absolute Gasteiger partial charge is 0.365 e. The van der Waals surface area contributed by atoms with E-state index < -0.39 is 17.6 Å². The molecule has 204 valence electrons. The Balaban J connectivity index is 1.30. The van der Waals surface area contributed by atoms with Gasteiger partial charge in [-0.25, -0.2) is 9.97 Å². The zero-order valence-electron chi connectivity index (χ0n) is 21.9. The topological polar surface area (TPSA) is 80.4 Å². The van der Waals surface area contributed by atoms with Gasteiger partial charge in [0.15, 0.2) is 5.65 Å². The second-order valence-electron chi connectivity index (χ2n) is 9.96. The van der Waals surface area contributed by atoms with E-state index in [4.69, 9.17) is 0 Å². The molecule has 0 spiro atoms. The lowest BCUT2D eigenvalue weighted by atomic mass is 9.97. The minimum atomic E-state index is -4.58. The second-order valence-corrected chi connectivity index (χ2v) is 9.96. The number of nitrogens with one attached hydrogen (secondary N) is 1. The van der Waals surface area contributed by atoms with Crippen molar-refractivity contribution in [1.82, 2.24) is 23.9 Å². The molecule has 0 aliphatic carbocycles. The van der Waals surface area contributed by atoms with Gasteiger partial charge in [-0.15, -0.1) is 0 Å². The highest BCUT2D eigenvalue weighted by Gasteiger charge is 2.32. The van der Waals surface area contributed by atoms with Crippen LogP contribution in [0.1, 0.15) is 52.1 Å². The largest absolute Gasteiger partial charge is 0.416 e. The van der Waals surface area contributed by atoms with Gasteiger partial charge in [-0.2, -0.15) is 13.2 Å². The summed E-state index contributed by atoms with van der Waals surface area (Å²) in [5, 5.41) is 2.68. The zero-order chi connectivity index (χ0) is 28.0. The Morgan fingerprint density at radius 3 is 2.73 bits per heavy atom. The highest BCUT2D eigenvalue weighted by Crippen LogP contribution is 2.40. The summed E-state index contributed by atoms with van der Waals surface area (Å²) in [5.74, 6) is -0.187. The standard InChI is InChI=1S/C29H26F3N7O/c1-3-19-15-37(16-24-12-34-27-13-33-6-7-39(24)27)26-8-20(4-5-25(19)26)28(40)36-22-9-21(29(30,31)32)10-23(11-22)38-14-18(2)35-17-38/h4-14,17,19H,3,15-16H2,1-2H3,(H,36,40). The predicted molar refractivity (Wildman–Crippen MR) is 145 cm³/mol. The van der Waals surface area contributed by atoms with Crippen LogP contribution >= 0.6 is 0 Å². The lowest BCUT2D eigenvalue weighted by Crippen LogP contribution is -2.22. The van der Waals surface area contributed by atoms with Gasteiger partial charge < -0.3 is 14.8 Å². The van der Waals surface area contributed by atoms with Crippen LogP contribution in [0.15, 0.2) is 73.7 Å². The molecule has 0 saturated carbocycles. The van der Waals surface area contributed by atoms with Crippen molar-refractivity contribution >= 4 is 22.9 Å². The number of rotatable bonds is 6. The summed E-state index contributed by atoms with van der Waals surface area (Å²) < 4.78 is 44.6.